The number of halogens is 1. The number of amides is 2. The van der Waals surface area contributed by atoms with E-state index in [2.05, 4.69) is 12.2 Å². The summed E-state index contributed by atoms with van der Waals surface area (Å²) >= 11 is 1.67. The van der Waals surface area contributed by atoms with Gasteiger partial charge in [0, 0.05) is 35.0 Å². The molecule has 2 amide bonds. The molecule has 0 spiro atoms. The highest BCUT2D eigenvalue weighted by molar-refractivity contribution is 8.04. The molecule has 36 heavy (non-hydrogen) atoms. The highest BCUT2D eigenvalue weighted by Crippen LogP contribution is 2.42. The molecule has 0 radical (unpaired) electrons. The first-order chi connectivity index (χ1) is 17.5. The van der Waals surface area contributed by atoms with Gasteiger partial charge in [0.15, 0.2) is 0 Å². The molecule has 2 aromatic rings. The quantitative estimate of drug-likeness (QED) is 0.467. The number of nitrogens with one attached hydrogen (secondary N) is 1. The average Bonchev–Trinajstić information content (AvgIpc) is 2.89. The van der Waals surface area contributed by atoms with Crippen molar-refractivity contribution in [1.29, 1.82) is 0 Å². The van der Waals surface area contributed by atoms with Crippen LogP contribution in [0.4, 0.5) is 4.39 Å². The van der Waals surface area contributed by atoms with Gasteiger partial charge >= 0.3 is 0 Å². The van der Waals surface area contributed by atoms with Crippen molar-refractivity contribution in [3.63, 3.8) is 0 Å². The van der Waals surface area contributed by atoms with Crippen molar-refractivity contribution in [3.05, 3.63) is 75.9 Å². The van der Waals surface area contributed by atoms with E-state index in [1.165, 1.54) is 25.3 Å². The standard InChI is InChI=1S/C30H35FN2O2S/c1-20-8-2-5-11-25(20)32-29(34)22-16-14-21(15-17-22)18-28-30(35)33(19-23-9-3-4-10-24(23)31)26-12-6-7-13-27(26)36-28/h3-4,9-10,14-18,20,25-27H,2,5-8,11-13,19H2,1H3,(H,32,34)/b28-18-. The minimum absolute atomic E-state index is 0.0282. The number of carbonyl (C=O) groups is 2. The minimum Gasteiger partial charge on any atom is -0.349 e. The van der Waals surface area contributed by atoms with Gasteiger partial charge in [-0.15, -0.1) is 11.8 Å². The Morgan fingerprint density at radius 1 is 1.03 bits per heavy atom. The molecule has 6 heteroatoms. The van der Waals surface area contributed by atoms with Crippen molar-refractivity contribution < 1.29 is 14.0 Å². The van der Waals surface area contributed by atoms with Crippen molar-refractivity contribution in [3.8, 4) is 0 Å². The zero-order valence-corrected chi connectivity index (χ0v) is 21.7. The molecule has 5 rings (SSSR count). The number of benzene rings is 2. The third-order valence-corrected chi connectivity index (χ3v) is 9.41. The van der Waals surface area contributed by atoms with Crippen LogP contribution in [0.5, 0.6) is 0 Å². The van der Waals surface area contributed by atoms with Crippen molar-refractivity contribution in [2.24, 2.45) is 5.92 Å². The zero-order chi connectivity index (χ0) is 25.1. The second-order valence-electron chi connectivity index (χ2n) is 10.5. The van der Waals surface area contributed by atoms with E-state index in [4.69, 9.17) is 0 Å². The van der Waals surface area contributed by atoms with Gasteiger partial charge in [-0.2, -0.15) is 0 Å². The Morgan fingerprint density at radius 3 is 2.53 bits per heavy atom. The van der Waals surface area contributed by atoms with Gasteiger partial charge < -0.3 is 10.2 Å². The van der Waals surface area contributed by atoms with Crippen LogP contribution in [0, 0.1) is 11.7 Å². The van der Waals surface area contributed by atoms with E-state index in [0.717, 1.165) is 37.7 Å². The molecule has 190 valence electrons. The summed E-state index contributed by atoms with van der Waals surface area (Å²) in [5, 5.41) is 3.54. The predicted octanol–water partition coefficient (Wildman–Crippen LogP) is 6.56. The van der Waals surface area contributed by atoms with E-state index in [1.807, 2.05) is 41.3 Å². The molecular formula is C30H35FN2O2S. The van der Waals surface area contributed by atoms with E-state index in [9.17, 15) is 14.0 Å². The first kappa shape index (κ1) is 25.1. The topological polar surface area (TPSA) is 49.4 Å². The SMILES string of the molecule is CC1CCCCC1NC(=O)c1ccc(/C=C2\SC3CCCCC3N(Cc3ccccc3F)C2=O)cc1. The molecule has 4 unspecified atom stereocenters. The Balaban J connectivity index is 1.32. The number of nitrogens with zero attached hydrogens (tertiary/aromatic N) is 1. The minimum atomic E-state index is -0.266. The van der Waals surface area contributed by atoms with Crippen LogP contribution in [0.15, 0.2) is 53.4 Å². The lowest BCUT2D eigenvalue weighted by Gasteiger charge is -2.44. The molecule has 4 nitrogen and oxygen atoms in total. The van der Waals surface area contributed by atoms with Crippen molar-refractivity contribution in [1.82, 2.24) is 10.2 Å². The largest absolute Gasteiger partial charge is 0.349 e. The van der Waals surface area contributed by atoms with Crippen molar-refractivity contribution in [2.45, 2.75) is 82.2 Å². The molecule has 1 aliphatic heterocycles. The molecule has 4 atom stereocenters. The number of carbonyl (C=O) groups excluding carboxylic acids is 2. The Hall–Kier alpha value is -2.60. The maximum Gasteiger partial charge on any atom is 0.260 e. The third-order valence-electron chi connectivity index (χ3n) is 8.02. The zero-order valence-electron chi connectivity index (χ0n) is 20.9. The van der Waals surface area contributed by atoms with Gasteiger partial charge in [0.1, 0.15) is 5.82 Å². The maximum atomic E-state index is 14.4. The van der Waals surface area contributed by atoms with Crippen LogP contribution in [0.1, 0.15) is 79.8 Å². The number of thioether (sulfide) groups is 1. The summed E-state index contributed by atoms with van der Waals surface area (Å²) in [6.07, 6.45) is 10.8. The lowest BCUT2D eigenvalue weighted by molar-refractivity contribution is -0.130. The summed E-state index contributed by atoms with van der Waals surface area (Å²) in [6, 6.07) is 14.6. The second-order valence-corrected chi connectivity index (χ2v) is 11.8. The smallest absolute Gasteiger partial charge is 0.260 e. The van der Waals surface area contributed by atoms with E-state index >= 15 is 0 Å². The number of hydrogen-bond donors (Lipinski definition) is 1. The normalized spacial score (nSPS) is 27.6. The predicted molar refractivity (Wildman–Crippen MR) is 144 cm³/mol. The monoisotopic (exact) mass is 506 g/mol. The fourth-order valence-electron chi connectivity index (χ4n) is 5.84. The van der Waals surface area contributed by atoms with Crippen LogP contribution in [0.2, 0.25) is 0 Å². The van der Waals surface area contributed by atoms with Crippen LogP contribution in [-0.4, -0.2) is 34.0 Å². The van der Waals surface area contributed by atoms with Gasteiger partial charge in [-0.05, 0) is 61.4 Å². The fourth-order valence-corrected chi connectivity index (χ4v) is 7.31. The number of fused-ring (bicyclic) bond motifs is 1. The highest BCUT2D eigenvalue weighted by atomic mass is 32.2. The molecule has 3 aliphatic rings. The first-order valence-electron chi connectivity index (χ1n) is 13.3. The van der Waals surface area contributed by atoms with Gasteiger partial charge in [0.05, 0.1) is 4.91 Å². The van der Waals surface area contributed by atoms with E-state index in [0.29, 0.717) is 33.7 Å². The molecule has 1 saturated heterocycles. The van der Waals surface area contributed by atoms with Gasteiger partial charge in [0.25, 0.3) is 11.8 Å². The lowest BCUT2D eigenvalue weighted by atomic mass is 9.86. The van der Waals surface area contributed by atoms with Gasteiger partial charge in [0.2, 0.25) is 0 Å². The third kappa shape index (κ3) is 5.54. The highest BCUT2D eigenvalue weighted by Gasteiger charge is 2.40. The van der Waals surface area contributed by atoms with Crippen LogP contribution < -0.4 is 5.32 Å². The Kier molecular flexibility index (Phi) is 7.80. The number of hydrogen-bond acceptors (Lipinski definition) is 3. The van der Waals surface area contributed by atoms with Crippen molar-refractivity contribution in [2.75, 3.05) is 0 Å². The molecule has 0 bridgehead atoms. The van der Waals surface area contributed by atoms with Crippen LogP contribution in [-0.2, 0) is 11.3 Å². The Bertz CT molecular complexity index is 1130. The van der Waals surface area contributed by atoms with Gasteiger partial charge in [-0.3, -0.25) is 9.59 Å². The Morgan fingerprint density at radius 2 is 1.75 bits per heavy atom. The molecular weight excluding hydrogens is 471 g/mol. The summed E-state index contributed by atoms with van der Waals surface area (Å²) in [6.45, 7) is 2.51. The summed E-state index contributed by atoms with van der Waals surface area (Å²) in [5.74, 6) is 0.187. The van der Waals surface area contributed by atoms with E-state index in [-0.39, 0.29) is 29.7 Å². The van der Waals surface area contributed by atoms with Gasteiger partial charge in [-0.1, -0.05) is 62.9 Å². The average molecular weight is 507 g/mol. The van der Waals surface area contributed by atoms with Crippen molar-refractivity contribution >= 4 is 29.7 Å². The molecule has 3 fully saturated rings. The summed E-state index contributed by atoms with van der Waals surface area (Å²) in [7, 11) is 0. The fraction of sp³-hybridized carbons (Fsp3) is 0.467. The second kappa shape index (κ2) is 11.2. The van der Waals surface area contributed by atoms with E-state index in [1.54, 1.807) is 23.9 Å². The van der Waals surface area contributed by atoms with Crippen LogP contribution in [0.3, 0.4) is 0 Å². The summed E-state index contributed by atoms with van der Waals surface area (Å²) in [4.78, 5) is 29.0. The summed E-state index contributed by atoms with van der Waals surface area (Å²) in [5.41, 5.74) is 2.10. The van der Waals surface area contributed by atoms with Crippen LogP contribution in [0.25, 0.3) is 6.08 Å². The van der Waals surface area contributed by atoms with Crippen LogP contribution >= 0.6 is 11.8 Å². The maximum absolute atomic E-state index is 14.4. The molecule has 1 heterocycles. The summed E-state index contributed by atoms with van der Waals surface area (Å²) < 4.78 is 14.4. The van der Waals surface area contributed by atoms with E-state index < -0.39 is 0 Å². The molecule has 2 aliphatic carbocycles. The number of rotatable bonds is 5. The molecule has 0 aromatic heterocycles. The molecule has 2 saturated carbocycles. The van der Waals surface area contributed by atoms with Gasteiger partial charge in [-0.25, -0.2) is 4.39 Å². The lowest BCUT2D eigenvalue weighted by Crippen LogP contribution is -2.50. The molecule has 2 aromatic carbocycles. The first-order valence-corrected chi connectivity index (χ1v) is 14.2. The Labute approximate surface area is 217 Å². The molecule has 1 N–H and O–H groups in total.